The van der Waals surface area contributed by atoms with Gasteiger partial charge in [-0.2, -0.15) is 0 Å². The maximum atomic E-state index is 6.86. The zero-order chi connectivity index (χ0) is 19.8. The molecule has 2 nitrogen and oxygen atoms in total. The summed E-state index contributed by atoms with van der Waals surface area (Å²) in [4.78, 5) is 6.86. The first-order chi connectivity index (χ1) is 14.1. The number of rotatable bonds is 2. The molecule has 0 bridgehead atoms. The predicted octanol–water partition coefficient (Wildman–Crippen LogP) is 7.17. The molecule has 0 spiro atoms. The van der Waals surface area contributed by atoms with Crippen LogP contribution in [0.15, 0.2) is 83.5 Å². The van der Waals surface area contributed by atoms with Crippen LogP contribution in [0.4, 0.5) is 5.69 Å². The molecule has 2 aliphatic carbocycles. The standard InChI is InChI=1S/C27H31NO/c1-27(2)25-18-21-14-8-4-11-17-23(21)24(25)19-26(20-12-6-3-7-13-20)28(29-27)22-15-9-5-10-16-22/h3,5-7,9-10,12-13,15-16,19,25-26H,4,8,11,14,17-18H2,1-2H3/t25-,26-/m1/s1. The van der Waals surface area contributed by atoms with Gasteiger partial charge < -0.3 is 0 Å². The molecule has 5 rings (SSSR count). The third kappa shape index (κ3) is 3.44. The van der Waals surface area contributed by atoms with Crippen LogP contribution in [0.3, 0.4) is 0 Å². The van der Waals surface area contributed by atoms with E-state index >= 15 is 0 Å². The lowest BCUT2D eigenvalue weighted by Crippen LogP contribution is -2.41. The highest BCUT2D eigenvalue weighted by atomic mass is 16.7. The maximum Gasteiger partial charge on any atom is 0.100 e. The highest BCUT2D eigenvalue weighted by Gasteiger charge is 2.45. The molecule has 0 saturated heterocycles. The summed E-state index contributed by atoms with van der Waals surface area (Å²) in [5.41, 5.74) is 7.05. The van der Waals surface area contributed by atoms with Crippen molar-refractivity contribution in [1.29, 1.82) is 0 Å². The van der Waals surface area contributed by atoms with Gasteiger partial charge in [-0.15, -0.1) is 0 Å². The van der Waals surface area contributed by atoms with Crippen LogP contribution in [0.5, 0.6) is 0 Å². The van der Waals surface area contributed by atoms with Crippen molar-refractivity contribution in [3.63, 3.8) is 0 Å². The van der Waals surface area contributed by atoms with Crippen molar-refractivity contribution in [3.8, 4) is 0 Å². The van der Waals surface area contributed by atoms with E-state index in [9.17, 15) is 0 Å². The van der Waals surface area contributed by atoms with Crippen molar-refractivity contribution in [1.82, 2.24) is 0 Å². The fraction of sp³-hybridized carbons (Fsp3) is 0.407. The Bertz CT molecular complexity index is 926. The number of hydrogen-bond donors (Lipinski definition) is 0. The molecular formula is C27H31NO. The van der Waals surface area contributed by atoms with Gasteiger partial charge in [-0.05, 0) is 74.8 Å². The topological polar surface area (TPSA) is 12.5 Å². The molecule has 0 radical (unpaired) electrons. The second-order valence-corrected chi connectivity index (χ2v) is 9.23. The summed E-state index contributed by atoms with van der Waals surface area (Å²) in [7, 11) is 0. The highest BCUT2D eigenvalue weighted by molar-refractivity contribution is 5.53. The molecule has 0 saturated carbocycles. The van der Waals surface area contributed by atoms with Crippen LogP contribution < -0.4 is 5.06 Å². The molecule has 0 N–H and O–H groups in total. The summed E-state index contributed by atoms with van der Waals surface area (Å²) < 4.78 is 0. The first-order valence-electron chi connectivity index (χ1n) is 11.1. The third-order valence-corrected chi connectivity index (χ3v) is 6.92. The molecule has 0 unspecified atom stereocenters. The van der Waals surface area contributed by atoms with E-state index in [0.717, 1.165) is 12.1 Å². The summed E-state index contributed by atoms with van der Waals surface area (Å²) in [5.74, 6) is 0.436. The summed E-state index contributed by atoms with van der Waals surface area (Å²) in [6.07, 6.45) is 10.2. The van der Waals surface area contributed by atoms with Gasteiger partial charge in [-0.1, -0.05) is 66.6 Å². The first-order valence-corrected chi connectivity index (χ1v) is 11.1. The van der Waals surface area contributed by atoms with Gasteiger partial charge in [0.05, 0.1) is 11.3 Å². The second-order valence-electron chi connectivity index (χ2n) is 9.23. The fourth-order valence-electron chi connectivity index (χ4n) is 5.40. The molecule has 0 aromatic heterocycles. The Morgan fingerprint density at radius 2 is 1.55 bits per heavy atom. The van der Waals surface area contributed by atoms with Crippen molar-refractivity contribution < 1.29 is 4.84 Å². The Labute approximate surface area is 174 Å². The van der Waals surface area contributed by atoms with E-state index in [1.807, 2.05) is 0 Å². The van der Waals surface area contributed by atoms with Crippen molar-refractivity contribution in [3.05, 3.63) is 89.0 Å². The van der Waals surface area contributed by atoms with Gasteiger partial charge >= 0.3 is 0 Å². The summed E-state index contributed by atoms with van der Waals surface area (Å²) >= 11 is 0. The number of nitrogens with zero attached hydrogens (tertiary/aromatic N) is 1. The van der Waals surface area contributed by atoms with Gasteiger partial charge in [-0.25, -0.2) is 5.06 Å². The lowest BCUT2D eigenvalue weighted by atomic mass is 9.82. The number of allylic oxidation sites excluding steroid dienone is 2. The Hall–Kier alpha value is -2.32. The average molecular weight is 386 g/mol. The van der Waals surface area contributed by atoms with E-state index < -0.39 is 0 Å². The third-order valence-electron chi connectivity index (χ3n) is 6.92. The van der Waals surface area contributed by atoms with Gasteiger partial charge in [0.1, 0.15) is 6.04 Å². The van der Waals surface area contributed by atoms with Crippen LogP contribution in [0, 0.1) is 5.92 Å². The second kappa shape index (κ2) is 7.50. The van der Waals surface area contributed by atoms with Crippen LogP contribution >= 0.6 is 0 Å². The lowest BCUT2D eigenvalue weighted by Gasteiger charge is -2.38. The van der Waals surface area contributed by atoms with Crippen molar-refractivity contribution in [2.45, 2.75) is 64.0 Å². The summed E-state index contributed by atoms with van der Waals surface area (Å²) in [6.45, 7) is 4.56. The van der Waals surface area contributed by atoms with Crippen LogP contribution in [-0.4, -0.2) is 5.60 Å². The quantitative estimate of drug-likeness (QED) is 0.543. The van der Waals surface area contributed by atoms with E-state index in [4.69, 9.17) is 4.84 Å². The minimum Gasteiger partial charge on any atom is -0.266 e. The Morgan fingerprint density at radius 1 is 0.862 bits per heavy atom. The van der Waals surface area contributed by atoms with Crippen molar-refractivity contribution >= 4 is 5.69 Å². The smallest absolute Gasteiger partial charge is 0.100 e. The van der Waals surface area contributed by atoms with E-state index in [1.54, 1.807) is 16.7 Å². The molecule has 2 aromatic rings. The van der Waals surface area contributed by atoms with E-state index in [2.05, 4.69) is 85.7 Å². The SMILES string of the molecule is CC1(C)ON(c2ccccc2)[C@@H](c2ccccc2)C=C2C3=C(CCCCC3)C[C@H]21. The Morgan fingerprint density at radius 3 is 2.31 bits per heavy atom. The number of benzene rings is 2. The van der Waals surface area contributed by atoms with Crippen LogP contribution in [0.2, 0.25) is 0 Å². The number of fused-ring (bicyclic) bond motifs is 2. The van der Waals surface area contributed by atoms with E-state index in [-0.39, 0.29) is 11.6 Å². The molecular weight excluding hydrogens is 354 g/mol. The molecule has 2 heteroatoms. The lowest BCUT2D eigenvalue weighted by molar-refractivity contribution is -0.0647. The van der Waals surface area contributed by atoms with E-state index in [1.165, 1.54) is 37.7 Å². The molecule has 0 amide bonds. The average Bonchev–Trinajstić information content (AvgIpc) is 2.88. The maximum absolute atomic E-state index is 6.86. The Kier molecular flexibility index (Phi) is 4.83. The van der Waals surface area contributed by atoms with Gasteiger partial charge in [0.15, 0.2) is 0 Å². The molecule has 29 heavy (non-hydrogen) atoms. The van der Waals surface area contributed by atoms with Crippen LogP contribution in [-0.2, 0) is 4.84 Å². The van der Waals surface area contributed by atoms with Crippen LogP contribution in [0.25, 0.3) is 0 Å². The fourth-order valence-corrected chi connectivity index (χ4v) is 5.40. The van der Waals surface area contributed by atoms with E-state index in [0.29, 0.717) is 5.92 Å². The highest BCUT2D eigenvalue weighted by Crippen LogP contribution is 2.52. The molecule has 2 atom stereocenters. The number of hydrogen-bond acceptors (Lipinski definition) is 2. The number of para-hydroxylation sites is 1. The normalized spacial score (nSPS) is 26.3. The number of hydroxylamine groups is 1. The predicted molar refractivity (Wildman–Crippen MR) is 120 cm³/mol. The minimum atomic E-state index is -0.253. The molecule has 2 aromatic carbocycles. The Balaban J connectivity index is 1.66. The summed E-state index contributed by atoms with van der Waals surface area (Å²) in [5, 5.41) is 2.15. The summed E-state index contributed by atoms with van der Waals surface area (Å²) in [6, 6.07) is 21.5. The molecule has 0 fully saturated rings. The molecule has 3 aliphatic rings. The molecule has 150 valence electrons. The largest absolute Gasteiger partial charge is 0.266 e. The zero-order valence-corrected chi connectivity index (χ0v) is 17.6. The number of anilines is 1. The van der Waals surface area contributed by atoms with Gasteiger partial charge in [-0.3, -0.25) is 4.84 Å². The van der Waals surface area contributed by atoms with Gasteiger partial charge in [0.2, 0.25) is 0 Å². The van der Waals surface area contributed by atoms with Crippen molar-refractivity contribution in [2.75, 3.05) is 5.06 Å². The molecule has 1 aliphatic heterocycles. The molecule has 1 heterocycles. The first kappa shape index (κ1) is 18.7. The van der Waals surface area contributed by atoms with Crippen LogP contribution in [0.1, 0.15) is 64.0 Å². The minimum absolute atomic E-state index is 0.0768. The monoisotopic (exact) mass is 385 g/mol. The van der Waals surface area contributed by atoms with Gasteiger partial charge in [0.25, 0.3) is 0 Å². The van der Waals surface area contributed by atoms with Crippen molar-refractivity contribution in [2.24, 2.45) is 5.92 Å². The van der Waals surface area contributed by atoms with Gasteiger partial charge in [0, 0.05) is 5.92 Å². The zero-order valence-electron chi connectivity index (χ0n) is 17.6.